The van der Waals surface area contributed by atoms with E-state index >= 15 is 0 Å². The molecule has 3 aromatic heterocycles. The highest BCUT2D eigenvalue weighted by Gasteiger charge is 2.16. The highest BCUT2D eigenvalue weighted by atomic mass is 32.1. The van der Waals surface area contributed by atoms with Crippen molar-refractivity contribution in [1.82, 2.24) is 30.4 Å². The van der Waals surface area contributed by atoms with E-state index < -0.39 is 0 Å². The number of fused-ring (bicyclic) bond motifs is 1. The van der Waals surface area contributed by atoms with Crippen LogP contribution >= 0.6 is 11.3 Å². The van der Waals surface area contributed by atoms with Gasteiger partial charge in [-0.1, -0.05) is 13.3 Å². The number of thiophene rings is 1. The number of nitrogens with zero attached hydrogens (tertiary/aromatic N) is 4. The molecule has 1 aliphatic heterocycles. The van der Waals surface area contributed by atoms with E-state index in [1.807, 2.05) is 11.3 Å². The molecule has 8 nitrogen and oxygen atoms in total. The number of nitrogens with two attached hydrogens (primary N) is 1. The van der Waals surface area contributed by atoms with Gasteiger partial charge in [0.15, 0.2) is 11.3 Å². The van der Waals surface area contributed by atoms with Crippen molar-refractivity contribution in [2.75, 3.05) is 38.5 Å². The summed E-state index contributed by atoms with van der Waals surface area (Å²) in [6.07, 6.45) is 2.77. The first-order valence-corrected chi connectivity index (χ1v) is 10.7. The Hall–Kier alpha value is -2.23. The molecule has 1 fully saturated rings. The van der Waals surface area contributed by atoms with Crippen LogP contribution in [0, 0.1) is 0 Å². The smallest absolute Gasteiger partial charge is 0.319 e. The maximum Gasteiger partial charge on any atom is 0.319 e. The molecule has 1 aliphatic rings. The standard InChI is InChI=1S/C19H27N7OS/c1-2-3-10-27-19-22-16-15(24-25-17(16)18(20)23-19)11-13-4-5-14(28-13)12-26-8-6-21-7-9-26/h4-5,21H,2-3,6-12H2,1H3,(H,24,25)(H2,20,22,23). The second-order valence-corrected chi connectivity index (χ2v) is 8.32. The topological polar surface area (TPSA) is 105 Å². The molecule has 0 spiro atoms. The Morgan fingerprint density at radius 2 is 2.00 bits per heavy atom. The lowest BCUT2D eigenvalue weighted by Gasteiger charge is -2.26. The predicted molar refractivity (Wildman–Crippen MR) is 112 cm³/mol. The number of nitrogens with one attached hydrogen (secondary N) is 2. The molecule has 0 atom stereocenters. The van der Waals surface area contributed by atoms with Crippen LogP contribution in [0.25, 0.3) is 11.0 Å². The normalized spacial score (nSPS) is 15.3. The molecule has 0 saturated carbocycles. The summed E-state index contributed by atoms with van der Waals surface area (Å²) < 4.78 is 5.65. The molecule has 9 heteroatoms. The quantitative estimate of drug-likeness (QED) is 0.497. The Kier molecular flexibility index (Phi) is 6.04. The number of ether oxygens (including phenoxy) is 1. The molecule has 150 valence electrons. The van der Waals surface area contributed by atoms with Gasteiger partial charge in [-0.15, -0.1) is 11.3 Å². The van der Waals surface area contributed by atoms with E-state index in [1.165, 1.54) is 9.75 Å². The second-order valence-electron chi connectivity index (χ2n) is 7.06. The lowest BCUT2D eigenvalue weighted by Crippen LogP contribution is -2.42. The van der Waals surface area contributed by atoms with E-state index in [0.29, 0.717) is 24.0 Å². The molecule has 4 rings (SSSR count). The lowest BCUT2D eigenvalue weighted by molar-refractivity contribution is 0.235. The number of H-pyrrole nitrogens is 1. The van der Waals surface area contributed by atoms with Crippen molar-refractivity contribution in [2.24, 2.45) is 0 Å². The van der Waals surface area contributed by atoms with Crippen LogP contribution in [0.3, 0.4) is 0 Å². The zero-order valence-corrected chi connectivity index (χ0v) is 17.0. The molecule has 0 aromatic carbocycles. The fraction of sp³-hybridized carbons (Fsp3) is 0.526. The number of hydrogen-bond donors (Lipinski definition) is 3. The van der Waals surface area contributed by atoms with Crippen LogP contribution in [0.4, 0.5) is 5.82 Å². The molecule has 0 amide bonds. The summed E-state index contributed by atoms with van der Waals surface area (Å²) in [6, 6.07) is 4.74. The molecule has 0 unspecified atom stereocenters. The molecule has 0 aliphatic carbocycles. The van der Waals surface area contributed by atoms with Crippen molar-refractivity contribution in [1.29, 1.82) is 0 Å². The highest BCUT2D eigenvalue weighted by Crippen LogP contribution is 2.26. The molecule has 4 N–H and O–H groups in total. The van der Waals surface area contributed by atoms with Crippen LogP contribution in [0.5, 0.6) is 6.01 Å². The van der Waals surface area contributed by atoms with Crippen molar-refractivity contribution in [2.45, 2.75) is 32.7 Å². The first-order chi connectivity index (χ1) is 13.7. The molecule has 0 bridgehead atoms. The number of aromatic amines is 1. The zero-order chi connectivity index (χ0) is 19.3. The Bertz CT molecular complexity index is 916. The van der Waals surface area contributed by atoms with Gasteiger partial charge in [-0.2, -0.15) is 15.1 Å². The van der Waals surface area contributed by atoms with Gasteiger partial charge in [0.1, 0.15) is 5.52 Å². The van der Waals surface area contributed by atoms with Gasteiger partial charge in [-0.05, 0) is 18.6 Å². The van der Waals surface area contributed by atoms with E-state index in [1.54, 1.807) is 0 Å². The highest BCUT2D eigenvalue weighted by molar-refractivity contribution is 7.12. The Morgan fingerprint density at radius 3 is 2.82 bits per heavy atom. The fourth-order valence-corrected chi connectivity index (χ4v) is 4.38. The van der Waals surface area contributed by atoms with Crippen molar-refractivity contribution in [3.8, 4) is 6.01 Å². The summed E-state index contributed by atoms with van der Waals surface area (Å²) >= 11 is 1.84. The van der Waals surface area contributed by atoms with Crippen molar-refractivity contribution in [3.63, 3.8) is 0 Å². The molecule has 28 heavy (non-hydrogen) atoms. The summed E-state index contributed by atoms with van der Waals surface area (Å²) in [5, 5.41) is 10.8. The van der Waals surface area contributed by atoms with Gasteiger partial charge in [0.2, 0.25) is 0 Å². The third kappa shape index (κ3) is 4.43. The fourth-order valence-electron chi connectivity index (χ4n) is 3.31. The molecule has 0 radical (unpaired) electrons. The zero-order valence-electron chi connectivity index (χ0n) is 16.2. The third-order valence-corrected chi connectivity index (χ3v) is 5.94. The van der Waals surface area contributed by atoms with E-state index in [-0.39, 0.29) is 0 Å². The van der Waals surface area contributed by atoms with Crippen LogP contribution in [-0.4, -0.2) is 57.9 Å². The van der Waals surface area contributed by atoms with Crippen molar-refractivity contribution in [3.05, 3.63) is 27.6 Å². The van der Waals surface area contributed by atoms with E-state index in [4.69, 9.17) is 10.5 Å². The molecule has 4 heterocycles. The first kappa shape index (κ1) is 19.1. The minimum atomic E-state index is 0.326. The largest absolute Gasteiger partial charge is 0.463 e. The van der Waals surface area contributed by atoms with Gasteiger partial charge < -0.3 is 15.8 Å². The molecular formula is C19H27N7OS. The number of hydrogen-bond acceptors (Lipinski definition) is 8. The average molecular weight is 402 g/mol. The summed E-state index contributed by atoms with van der Waals surface area (Å²) in [6.45, 7) is 8.08. The van der Waals surface area contributed by atoms with Crippen LogP contribution in [-0.2, 0) is 13.0 Å². The number of anilines is 1. The first-order valence-electron chi connectivity index (χ1n) is 9.87. The minimum Gasteiger partial charge on any atom is -0.463 e. The molecular weight excluding hydrogens is 374 g/mol. The van der Waals surface area contributed by atoms with Gasteiger partial charge in [-0.25, -0.2) is 0 Å². The number of aromatic nitrogens is 4. The van der Waals surface area contributed by atoms with E-state index in [9.17, 15) is 0 Å². The third-order valence-electron chi connectivity index (χ3n) is 4.87. The number of rotatable bonds is 8. The van der Waals surface area contributed by atoms with Crippen LogP contribution in [0.1, 0.15) is 35.2 Å². The summed E-state index contributed by atoms with van der Waals surface area (Å²) in [5.74, 6) is 0.351. The van der Waals surface area contributed by atoms with Gasteiger partial charge in [-0.3, -0.25) is 10.00 Å². The monoisotopic (exact) mass is 401 g/mol. The Morgan fingerprint density at radius 1 is 1.18 bits per heavy atom. The molecule has 1 saturated heterocycles. The van der Waals surface area contributed by atoms with Gasteiger partial charge in [0.25, 0.3) is 0 Å². The van der Waals surface area contributed by atoms with E-state index in [0.717, 1.165) is 63.2 Å². The van der Waals surface area contributed by atoms with Crippen LogP contribution < -0.4 is 15.8 Å². The van der Waals surface area contributed by atoms with Crippen LogP contribution in [0.15, 0.2) is 12.1 Å². The van der Waals surface area contributed by atoms with Crippen molar-refractivity contribution < 1.29 is 4.74 Å². The molecule has 3 aromatic rings. The minimum absolute atomic E-state index is 0.326. The summed E-state index contributed by atoms with van der Waals surface area (Å²) in [7, 11) is 0. The maximum absolute atomic E-state index is 6.05. The van der Waals surface area contributed by atoms with Gasteiger partial charge in [0.05, 0.1) is 12.3 Å². The average Bonchev–Trinajstić information content (AvgIpc) is 3.31. The Labute approximate surface area is 168 Å². The van der Waals surface area contributed by atoms with Crippen molar-refractivity contribution >= 4 is 28.2 Å². The second kappa shape index (κ2) is 8.85. The maximum atomic E-state index is 6.05. The summed E-state index contributed by atoms with van der Waals surface area (Å²) in [5.41, 5.74) is 8.35. The van der Waals surface area contributed by atoms with Gasteiger partial charge >= 0.3 is 6.01 Å². The SMILES string of the molecule is CCCCOc1nc(N)c2n[nH]c(Cc3ccc(CN4CCNCC4)s3)c2n1. The lowest BCUT2D eigenvalue weighted by atomic mass is 10.2. The van der Waals surface area contributed by atoms with Crippen LogP contribution in [0.2, 0.25) is 0 Å². The number of nitrogen functional groups attached to an aromatic ring is 1. The van der Waals surface area contributed by atoms with E-state index in [2.05, 4.69) is 49.4 Å². The number of unbranched alkanes of at least 4 members (excludes halogenated alkanes) is 1. The van der Waals surface area contributed by atoms with Gasteiger partial charge in [0, 0.05) is 48.9 Å². The predicted octanol–water partition coefficient (Wildman–Crippen LogP) is 2.17. The number of piperazine rings is 1. The Balaban J connectivity index is 1.48. The summed E-state index contributed by atoms with van der Waals surface area (Å²) in [4.78, 5) is 13.9.